The van der Waals surface area contributed by atoms with Crippen LogP contribution in [0.1, 0.15) is 24.2 Å². The fourth-order valence-corrected chi connectivity index (χ4v) is 1.52. The predicted octanol–water partition coefficient (Wildman–Crippen LogP) is 1.80. The van der Waals surface area contributed by atoms with Gasteiger partial charge in [0.25, 0.3) is 0 Å². The van der Waals surface area contributed by atoms with Gasteiger partial charge in [-0.3, -0.25) is 0 Å². The maximum Gasteiger partial charge on any atom is 0.419 e. The first-order valence-electron chi connectivity index (χ1n) is 5.58. The Morgan fingerprint density at radius 1 is 1.35 bits per heavy atom. The van der Waals surface area contributed by atoms with Crippen LogP contribution in [0.5, 0.6) is 0 Å². The molecule has 0 saturated heterocycles. The van der Waals surface area contributed by atoms with Gasteiger partial charge < -0.3 is 14.9 Å². The number of aliphatic hydroxyl groups excluding tert-OH is 2. The predicted molar refractivity (Wildman–Crippen MR) is 59.0 cm³/mol. The standard InChI is InChI=1S/C12H12F4O4/c1-2-20-11(19)10(18)9(17)6-4-3-5-7(8(6)13)12(14,15)16/h3-5,9-10,17-18H,2H2,1H3. The number of benzene rings is 1. The summed E-state index contributed by atoms with van der Waals surface area (Å²) in [5.41, 5.74) is -2.43. The van der Waals surface area contributed by atoms with Crippen molar-refractivity contribution < 1.29 is 37.3 Å². The van der Waals surface area contributed by atoms with E-state index in [1.807, 2.05) is 0 Å². The molecule has 0 aromatic heterocycles. The highest BCUT2D eigenvalue weighted by Crippen LogP contribution is 2.34. The van der Waals surface area contributed by atoms with E-state index in [1.165, 1.54) is 6.92 Å². The summed E-state index contributed by atoms with van der Waals surface area (Å²) in [7, 11) is 0. The first kappa shape index (κ1) is 16.4. The van der Waals surface area contributed by atoms with Crippen molar-refractivity contribution in [3.8, 4) is 0 Å². The monoisotopic (exact) mass is 296 g/mol. The minimum atomic E-state index is -4.95. The smallest absolute Gasteiger partial charge is 0.419 e. The fourth-order valence-electron chi connectivity index (χ4n) is 1.52. The number of hydrogen-bond acceptors (Lipinski definition) is 4. The van der Waals surface area contributed by atoms with Crippen LogP contribution in [-0.4, -0.2) is 28.9 Å². The minimum absolute atomic E-state index is 0.103. The van der Waals surface area contributed by atoms with Gasteiger partial charge in [-0.2, -0.15) is 13.2 Å². The summed E-state index contributed by atoms with van der Waals surface area (Å²) < 4.78 is 55.6. The highest BCUT2D eigenvalue weighted by atomic mass is 19.4. The summed E-state index contributed by atoms with van der Waals surface area (Å²) in [6.45, 7) is 1.33. The molecular weight excluding hydrogens is 284 g/mol. The fraction of sp³-hybridized carbons (Fsp3) is 0.417. The molecule has 20 heavy (non-hydrogen) atoms. The van der Waals surface area contributed by atoms with E-state index in [-0.39, 0.29) is 6.61 Å². The van der Waals surface area contributed by atoms with E-state index in [1.54, 1.807) is 0 Å². The SMILES string of the molecule is CCOC(=O)C(O)C(O)c1cccc(C(F)(F)F)c1F. The molecule has 0 radical (unpaired) electrons. The Hall–Kier alpha value is -1.67. The van der Waals surface area contributed by atoms with Crippen molar-refractivity contribution in [2.75, 3.05) is 6.61 Å². The van der Waals surface area contributed by atoms with Crippen LogP contribution >= 0.6 is 0 Å². The zero-order valence-corrected chi connectivity index (χ0v) is 10.3. The highest BCUT2D eigenvalue weighted by molar-refractivity contribution is 5.75. The molecule has 2 N–H and O–H groups in total. The number of ether oxygens (including phenoxy) is 1. The minimum Gasteiger partial charge on any atom is -0.464 e. The molecule has 0 heterocycles. The number of hydrogen-bond donors (Lipinski definition) is 2. The van der Waals surface area contributed by atoms with Gasteiger partial charge in [0.2, 0.25) is 0 Å². The molecule has 2 atom stereocenters. The van der Waals surface area contributed by atoms with Crippen molar-refractivity contribution in [3.05, 3.63) is 35.1 Å². The number of aliphatic hydroxyl groups is 2. The summed E-state index contributed by atoms with van der Waals surface area (Å²) in [5.74, 6) is -2.99. The number of carbonyl (C=O) groups is 1. The Morgan fingerprint density at radius 3 is 2.45 bits per heavy atom. The summed E-state index contributed by atoms with van der Waals surface area (Å²) >= 11 is 0. The van der Waals surface area contributed by atoms with Gasteiger partial charge in [-0.15, -0.1) is 0 Å². The van der Waals surface area contributed by atoms with E-state index < -0.39 is 41.3 Å². The molecule has 1 aromatic rings. The zero-order chi connectivity index (χ0) is 15.5. The molecule has 1 aromatic carbocycles. The molecule has 0 spiro atoms. The van der Waals surface area contributed by atoms with Gasteiger partial charge in [-0.25, -0.2) is 9.18 Å². The van der Waals surface area contributed by atoms with E-state index in [0.29, 0.717) is 6.07 Å². The molecular formula is C12H12F4O4. The van der Waals surface area contributed by atoms with Gasteiger partial charge in [-0.05, 0) is 13.0 Å². The van der Waals surface area contributed by atoms with Gasteiger partial charge in [0, 0.05) is 5.56 Å². The third-order valence-electron chi connectivity index (χ3n) is 2.48. The average molecular weight is 296 g/mol. The highest BCUT2D eigenvalue weighted by Gasteiger charge is 2.37. The first-order valence-corrected chi connectivity index (χ1v) is 5.58. The zero-order valence-electron chi connectivity index (χ0n) is 10.3. The van der Waals surface area contributed by atoms with Crippen LogP contribution in [0.25, 0.3) is 0 Å². The van der Waals surface area contributed by atoms with Crippen LogP contribution in [0, 0.1) is 5.82 Å². The van der Waals surface area contributed by atoms with Crippen molar-refractivity contribution >= 4 is 5.97 Å². The van der Waals surface area contributed by atoms with Crippen molar-refractivity contribution in [2.45, 2.75) is 25.3 Å². The Kier molecular flexibility index (Phi) is 5.07. The lowest BCUT2D eigenvalue weighted by Crippen LogP contribution is -2.30. The third kappa shape index (κ3) is 3.45. The van der Waals surface area contributed by atoms with E-state index in [0.717, 1.165) is 12.1 Å². The Labute approximate surface area is 111 Å². The second-order valence-electron chi connectivity index (χ2n) is 3.85. The lowest BCUT2D eigenvalue weighted by molar-refractivity contribution is -0.159. The van der Waals surface area contributed by atoms with E-state index in [2.05, 4.69) is 4.74 Å². The molecule has 0 fully saturated rings. The molecule has 0 aliphatic carbocycles. The van der Waals surface area contributed by atoms with Crippen molar-refractivity contribution in [1.29, 1.82) is 0 Å². The normalized spacial score (nSPS) is 14.8. The Morgan fingerprint density at radius 2 is 1.95 bits per heavy atom. The molecule has 0 amide bonds. The summed E-state index contributed by atoms with van der Waals surface area (Å²) in [5, 5.41) is 19.0. The van der Waals surface area contributed by atoms with Crippen LogP contribution in [-0.2, 0) is 15.7 Å². The maximum atomic E-state index is 13.7. The quantitative estimate of drug-likeness (QED) is 0.657. The first-order chi connectivity index (χ1) is 9.20. The lowest BCUT2D eigenvalue weighted by atomic mass is 10.0. The number of carbonyl (C=O) groups excluding carboxylic acids is 1. The molecule has 0 aliphatic rings. The maximum absolute atomic E-state index is 13.7. The second kappa shape index (κ2) is 6.19. The van der Waals surface area contributed by atoms with Crippen LogP contribution in [0.15, 0.2) is 18.2 Å². The molecule has 8 heteroatoms. The van der Waals surface area contributed by atoms with Crippen molar-refractivity contribution in [3.63, 3.8) is 0 Å². The van der Waals surface area contributed by atoms with E-state index in [4.69, 9.17) is 0 Å². The number of rotatable bonds is 4. The largest absolute Gasteiger partial charge is 0.464 e. The van der Waals surface area contributed by atoms with E-state index in [9.17, 15) is 32.6 Å². The number of alkyl halides is 3. The average Bonchev–Trinajstić information content (AvgIpc) is 2.36. The second-order valence-corrected chi connectivity index (χ2v) is 3.85. The topological polar surface area (TPSA) is 66.8 Å². The molecule has 0 bridgehead atoms. The summed E-state index contributed by atoms with van der Waals surface area (Å²) in [4.78, 5) is 11.2. The van der Waals surface area contributed by atoms with Gasteiger partial charge >= 0.3 is 12.1 Å². The number of esters is 1. The Bertz CT molecular complexity index is 487. The van der Waals surface area contributed by atoms with Crippen LogP contribution in [0.4, 0.5) is 17.6 Å². The Balaban J connectivity index is 3.11. The van der Waals surface area contributed by atoms with Crippen molar-refractivity contribution in [1.82, 2.24) is 0 Å². The van der Waals surface area contributed by atoms with Gasteiger partial charge in [0.15, 0.2) is 6.10 Å². The van der Waals surface area contributed by atoms with E-state index >= 15 is 0 Å². The third-order valence-corrected chi connectivity index (χ3v) is 2.48. The van der Waals surface area contributed by atoms with Gasteiger partial charge in [0.1, 0.15) is 11.9 Å². The summed E-state index contributed by atoms with van der Waals surface area (Å²) in [6.07, 6.45) is -9.28. The number of halogens is 4. The van der Waals surface area contributed by atoms with Gasteiger partial charge in [0.05, 0.1) is 12.2 Å². The molecule has 2 unspecified atom stereocenters. The molecule has 4 nitrogen and oxygen atoms in total. The van der Waals surface area contributed by atoms with Crippen LogP contribution < -0.4 is 0 Å². The lowest BCUT2D eigenvalue weighted by Gasteiger charge is -2.19. The van der Waals surface area contributed by atoms with Crippen molar-refractivity contribution in [2.24, 2.45) is 0 Å². The molecule has 112 valence electrons. The molecule has 1 rings (SSSR count). The molecule has 0 saturated carbocycles. The van der Waals surface area contributed by atoms with Crippen LogP contribution in [0.3, 0.4) is 0 Å². The van der Waals surface area contributed by atoms with Gasteiger partial charge in [-0.1, -0.05) is 12.1 Å². The molecule has 0 aliphatic heterocycles. The van der Waals surface area contributed by atoms with Crippen LogP contribution in [0.2, 0.25) is 0 Å². The summed E-state index contributed by atoms with van der Waals surface area (Å²) in [6, 6.07) is 2.20.